The molecule has 0 aromatic heterocycles. The average Bonchev–Trinajstić information content (AvgIpc) is 2.17. The third-order valence-electron chi connectivity index (χ3n) is 1.98. The monoisotopic (exact) mass is 204 g/mol. The molecule has 1 rings (SSSR count). The first kappa shape index (κ1) is 11.1. The van der Waals surface area contributed by atoms with E-state index >= 15 is 0 Å². The highest BCUT2D eigenvalue weighted by atomic mass is 16.4. The van der Waals surface area contributed by atoms with Crippen molar-refractivity contribution in [3.8, 4) is 6.07 Å². The number of nitrogens with one attached hydrogen (secondary N) is 1. The van der Waals surface area contributed by atoms with Crippen molar-refractivity contribution in [1.82, 2.24) is 0 Å². The molecule has 78 valence electrons. The minimum atomic E-state index is -1.05. The molecule has 0 bridgehead atoms. The van der Waals surface area contributed by atoms with E-state index in [4.69, 9.17) is 10.4 Å². The van der Waals surface area contributed by atoms with E-state index in [1.54, 1.807) is 38.1 Å². The van der Waals surface area contributed by atoms with Crippen molar-refractivity contribution in [1.29, 1.82) is 5.26 Å². The summed E-state index contributed by atoms with van der Waals surface area (Å²) in [5, 5.41) is 20.4. The molecule has 0 unspecified atom stereocenters. The Kier molecular flexibility index (Phi) is 2.96. The van der Waals surface area contributed by atoms with E-state index in [1.807, 2.05) is 6.07 Å². The summed E-state index contributed by atoms with van der Waals surface area (Å²) in [7, 11) is 0. The fraction of sp³-hybridized carbons (Fsp3) is 0.273. The Balaban J connectivity index is 2.91. The summed E-state index contributed by atoms with van der Waals surface area (Å²) in [6, 6.07) is 8.71. The number of hydrogen-bond acceptors (Lipinski definition) is 3. The molecular formula is C11H12N2O2. The summed E-state index contributed by atoms with van der Waals surface area (Å²) in [6.45, 7) is 3.13. The minimum absolute atomic E-state index is 0.501. The van der Waals surface area contributed by atoms with Crippen LogP contribution in [0, 0.1) is 11.3 Å². The third-order valence-corrected chi connectivity index (χ3v) is 1.98. The number of benzene rings is 1. The average molecular weight is 204 g/mol. The van der Waals surface area contributed by atoms with Gasteiger partial charge in [-0.3, -0.25) is 0 Å². The number of anilines is 1. The fourth-order valence-corrected chi connectivity index (χ4v) is 1.08. The normalized spacial score (nSPS) is 10.5. The van der Waals surface area contributed by atoms with Gasteiger partial charge >= 0.3 is 5.97 Å². The molecule has 0 atom stereocenters. The van der Waals surface area contributed by atoms with Gasteiger partial charge in [0.1, 0.15) is 5.54 Å². The Morgan fingerprint density at radius 1 is 1.53 bits per heavy atom. The van der Waals surface area contributed by atoms with Crippen LogP contribution in [-0.4, -0.2) is 16.6 Å². The zero-order valence-corrected chi connectivity index (χ0v) is 8.61. The van der Waals surface area contributed by atoms with Crippen molar-refractivity contribution in [2.24, 2.45) is 0 Å². The van der Waals surface area contributed by atoms with Crippen LogP contribution >= 0.6 is 0 Å². The van der Waals surface area contributed by atoms with Crippen LogP contribution in [0.25, 0.3) is 0 Å². The minimum Gasteiger partial charge on any atom is -0.480 e. The summed E-state index contributed by atoms with van der Waals surface area (Å²) >= 11 is 0. The van der Waals surface area contributed by atoms with Crippen molar-refractivity contribution in [2.75, 3.05) is 5.32 Å². The van der Waals surface area contributed by atoms with Crippen molar-refractivity contribution in [3.63, 3.8) is 0 Å². The molecule has 0 fully saturated rings. The molecule has 0 aliphatic heterocycles. The fourth-order valence-electron chi connectivity index (χ4n) is 1.08. The van der Waals surface area contributed by atoms with Crippen molar-refractivity contribution in [3.05, 3.63) is 29.8 Å². The molecule has 4 heteroatoms. The van der Waals surface area contributed by atoms with Crippen LogP contribution in [0.1, 0.15) is 19.4 Å². The first-order chi connectivity index (χ1) is 6.95. The van der Waals surface area contributed by atoms with Crippen LogP contribution in [0.5, 0.6) is 0 Å². The summed E-state index contributed by atoms with van der Waals surface area (Å²) in [5.74, 6) is -0.940. The molecule has 0 saturated carbocycles. The number of aliphatic carboxylic acids is 1. The lowest BCUT2D eigenvalue weighted by molar-refractivity contribution is -0.141. The van der Waals surface area contributed by atoms with Gasteiger partial charge in [0.15, 0.2) is 0 Å². The second-order valence-electron chi connectivity index (χ2n) is 3.75. The van der Waals surface area contributed by atoms with Crippen LogP contribution < -0.4 is 5.32 Å². The van der Waals surface area contributed by atoms with Gasteiger partial charge < -0.3 is 10.4 Å². The van der Waals surface area contributed by atoms with Crippen LogP contribution in [-0.2, 0) is 4.79 Å². The highest BCUT2D eigenvalue weighted by molar-refractivity contribution is 5.81. The molecule has 0 aliphatic rings. The van der Waals surface area contributed by atoms with Gasteiger partial charge in [-0.2, -0.15) is 5.26 Å². The van der Waals surface area contributed by atoms with E-state index in [0.717, 1.165) is 0 Å². The largest absolute Gasteiger partial charge is 0.480 e. The summed E-state index contributed by atoms with van der Waals surface area (Å²) in [4.78, 5) is 10.9. The second-order valence-corrected chi connectivity index (χ2v) is 3.75. The second kappa shape index (κ2) is 4.01. The Hall–Kier alpha value is -2.02. The van der Waals surface area contributed by atoms with Gasteiger partial charge in [-0.15, -0.1) is 0 Å². The number of nitrogens with zero attached hydrogens (tertiary/aromatic N) is 1. The van der Waals surface area contributed by atoms with Crippen molar-refractivity contribution < 1.29 is 9.90 Å². The molecule has 0 saturated heterocycles. The molecule has 0 aliphatic carbocycles. The number of carboxylic acid groups (broad SMARTS) is 1. The first-order valence-corrected chi connectivity index (χ1v) is 4.47. The zero-order valence-electron chi connectivity index (χ0n) is 8.61. The van der Waals surface area contributed by atoms with Crippen LogP contribution in [0.15, 0.2) is 24.3 Å². The Morgan fingerprint density at radius 2 is 2.20 bits per heavy atom. The molecule has 0 heterocycles. The van der Waals surface area contributed by atoms with E-state index in [-0.39, 0.29) is 0 Å². The number of carbonyl (C=O) groups is 1. The summed E-state index contributed by atoms with van der Waals surface area (Å²) in [5.41, 5.74) is 0.0799. The van der Waals surface area contributed by atoms with E-state index in [2.05, 4.69) is 5.32 Å². The number of hydrogen-bond donors (Lipinski definition) is 2. The molecule has 0 spiro atoms. The van der Waals surface area contributed by atoms with E-state index < -0.39 is 11.5 Å². The van der Waals surface area contributed by atoms with Crippen LogP contribution in [0.4, 0.5) is 5.69 Å². The van der Waals surface area contributed by atoms with E-state index in [0.29, 0.717) is 11.3 Å². The van der Waals surface area contributed by atoms with Gasteiger partial charge in [-0.25, -0.2) is 4.79 Å². The SMILES string of the molecule is CC(C)(Nc1cccc(C#N)c1)C(=O)O. The van der Waals surface area contributed by atoms with E-state index in [9.17, 15) is 4.79 Å². The van der Waals surface area contributed by atoms with Gasteiger partial charge in [0, 0.05) is 5.69 Å². The van der Waals surface area contributed by atoms with Gasteiger partial charge in [-0.05, 0) is 32.0 Å². The molecule has 15 heavy (non-hydrogen) atoms. The number of rotatable bonds is 3. The number of nitriles is 1. The van der Waals surface area contributed by atoms with Gasteiger partial charge in [0.25, 0.3) is 0 Å². The van der Waals surface area contributed by atoms with Gasteiger partial charge in [0.2, 0.25) is 0 Å². The molecule has 2 N–H and O–H groups in total. The van der Waals surface area contributed by atoms with Crippen molar-refractivity contribution >= 4 is 11.7 Å². The van der Waals surface area contributed by atoms with Crippen LogP contribution in [0.3, 0.4) is 0 Å². The van der Waals surface area contributed by atoms with Gasteiger partial charge in [-0.1, -0.05) is 6.07 Å². The highest BCUT2D eigenvalue weighted by Crippen LogP contribution is 2.16. The Bertz CT molecular complexity index is 419. The molecule has 0 amide bonds. The summed E-state index contributed by atoms with van der Waals surface area (Å²) in [6.07, 6.45) is 0. The van der Waals surface area contributed by atoms with Crippen LogP contribution in [0.2, 0.25) is 0 Å². The Labute approximate surface area is 88.2 Å². The first-order valence-electron chi connectivity index (χ1n) is 4.47. The maximum Gasteiger partial charge on any atom is 0.328 e. The smallest absolute Gasteiger partial charge is 0.328 e. The lowest BCUT2D eigenvalue weighted by Crippen LogP contribution is -2.39. The summed E-state index contributed by atoms with van der Waals surface area (Å²) < 4.78 is 0. The zero-order chi connectivity index (χ0) is 11.5. The highest BCUT2D eigenvalue weighted by Gasteiger charge is 2.26. The van der Waals surface area contributed by atoms with Gasteiger partial charge in [0.05, 0.1) is 11.6 Å². The number of carboxylic acids is 1. The lowest BCUT2D eigenvalue weighted by atomic mass is 10.1. The van der Waals surface area contributed by atoms with E-state index in [1.165, 1.54) is 0 Å². The van der Waals surface area contributed by atoms with Crippen molar-refractivity contribution in [2.45, 2.75) is 19.4 Å². The molecule has 4 nitrogen and oxygen atoms in total. The third kappa shape index (κ3) is 2.71. The predicted octanol–water partition coefficient (Wildman–Crippen LogP) is 1.83. The Morgan fingerprint density at radius 3 is 2.73 bits per heavy atom. The molecule has 1 aromatic carbocycles. The predicted molar refractivity (Wildman–Crippen MR) is 56.5 cm³/mol. The molecule has 0 radical (unpaired) electrons. The standard InChI is InChI=1S/C11H12N2O2/c1-11(2,10(14)15)13-9-5-3-4-8(6-9)7-12/h3-6,13H,1-2H3,(H,14,15). The lowest BCUT2D eigenvalue weighted by Gasteiger charge is -2.22. The molecular weight excluding hydrogens is 192 g/mol. The molecule has 1 aromatic rings. The maximum absolute atomic E-state index is 10.9. The topological polar surface area (TPSA) is 73.1 Å². The quantitative estimate of drug-likeness (QED) is 0.787. The maximum atomic E-state index is 10.9.